The summed E-state index contributed by atoms with van der Waals surface area (Å²) in [7, 11) is 0. The van der Waals surface area contributed by atoms with E-state index in [1.54, 1.807) is 0 Å². The van der Waals surface area contributed by atoms with Crippen LogP contribution in [0.1, 0.15) is 27.7 Å². The average molecular weight is 412 g/mol. The van der Waals surface area contributed by atoms with Crippen molar-refractivity contribution >= 4 is 31.9 Å². The molecule has 2 aliphatic rings. The summed E-state index contributed by atoms with van der Waals surface area (Å²) in [5, 5.41) is 0. The zero-order valence-corrected chi connectivity index (χ0v) is 16.4. The zero-order valence-electron chi connectivity index (χ0n) is 13.2. The molecule has 2 rings (SSSR count). The highest BCUT2D eigenvalue weighted by atomic mass is 79.9. The molecule has 0 spiro atoms. The van der Waals surface area contributed by atoms with Gasteiger partial charge in [-0.05, 0) is 58.0 Å². The summed E-state index contributed by atoms with van der Waals surface area (Å²) in [6.07, 6.45) is 0. The Morgan fingerprint density at radius 1 is 0.600 bits per heavy atom. The Balaban J connectivity index is 2.46. The third-order valence-electron chi connectivity index (χ3n) is 4.89. The molecule has 0 atom stereocenters. The van der Waals surface area contributed by atoms with E-state index in [-0.39, 0.29) is 9.14 Å². The van der Waals surface area contributed by atoms with Gasteiger partial charge in [0.25, 0.3) is 0 Å². The molecule has 0 amide bonds. The van der Waals surface area contributed by atoms with Crippen molar-refractivity contribution in [2.24, 2.45) is 0 Å². The van der Waals surface area contributed by atoms with Gasteiger partial charge in [-0.2, -0.15) is 0 Å². The van der Waals surface area contributed by atoms with Gasteiger partial charge in [-0.15, -0.1) is 0 Å². The molecule has 0 aromatic carbocycles. The first-order valence-corrected chi connectivity index (χ1v) is 9.47. The molecular weight excluding hydrogens is 384 g/mol. The molecule has 2 fully saturated rings. The van der Waals surface area contributed by atoms with Gasteiger partial charge >= 0.3 is 0 Å². The molecule has 0 aliphatic carbocycles. The SMILES string of the molecule is CCN1CCN(CC)C1(Br)C1(Br)N(CC)CCN1CC. The second kappa shape index (κ2) is 6.50. The smallest absolute Gasteiger partial charge is 0.174 e. The normalized spacial score (nSPS) is 28.5. The zero-order chi connectivity index (χ0) is 15.0. The average Bonchev–Trinajstić information content (AvgIpc) is 2.97. The van der Waals surface area contributed by atoms with Gasteiger partial charge in [0, 0.05) is 26.2 Å². The Morgan fingerprint density at radius 2 is 0.800 bits per heavy atom. The summed E-state index contributed by atoms with van der Waals surface area (Å²) in [4.78, 5) is 10.2. The lowest BCUT2D eigenvalue weighted by Gasteiger charge is -2.54. The molecule has 6 heteroatoms. The van der Waals surface area contributed by atoms with Gasteiger partial charge in [0.05, 0.1) is 0 Å². The number of hydrogen-bond donors (Lipinski definition) is 0. The maximum absolute atomic E-state index is 4.17. The lowest BCUT2D eigenvalue weighted by molar-refractivity contribution is -0.0419. The van der Waals surface area contributed by atoms with Crippen LogP contribution in [0.2, 0.25) is 0 Å². The van der Waals surface area contributed by atoms with E-state index in [0.29, 0.717) is 0 Å². The number of alkyl halides is 2. The fourth-order valence-corrected chi connectivity index (χ4v) is 6.47. The van der Waals surface area contributed by atoms with E-state index >= 15 is 0 Å². The van der Waals surface area contributed by atoms with E-state index in [9.17, 15) is 0 Å². The third-order valence-corrected chi connectivity index (χ3v) is 8.53. The van der Waals surface area contributed by atoms with E-state index in [1.165, 1.54) is 0 Å². The van der Waals surface area contributed by atoms with Crippen LogP contribution in [-0.4, -0.2) is 81.1 Å². The first kappa shape index (κ1) is 17.2. The summed E-state index contributed by atoms with van der Waals surface area (Å²) in [5.41, 5.74) is 0. The summed E-state index contributed by atoms with van der Waals surface area (Å²) in [6, 6.07) is 0. The maximum atomic E-state index is 4.17. The molecule has 0 bridgehead atoms. The number of rotatable bonds is 5. The highest BCUT2D eigenvalue weighted by Gasteiger charge is 2.64. The van der Waals surface area contributed by atoms with Crippen LogP contribution in [0.4, 0.5) is 0 Å². The predicted octanol–water partition coefficient (Wildman–Crippen LogP) is 2.40. The summed E-state index contributed by atoms with van der Waals surface area (Å²) < 4.78 is -0.321. The predicted molar refractivity (Wildman–Crippen MR) is 92.3 cm³/mol. The Hall–Kier alpha value is 0.800. The molecule has 20 heavy (non-hydrogen) atoms. The highest BCUT2D eigenvalue weighted by Crippen LogP contribution is 2.52. The minimum Gasteiger partial charge on any atom is -0.272 e. The van der Waals surface area contributed by atoms with Crippen LogP contribution in [0.15, 0.2) is 0 Å². The van der Waals surface area contributed by atoms with Crippen molar-refractivity contribution in [1.82, 2.24) is 19.6 Å². The Kier molecular flexibility index (Phi) is 5.58. The van der Waals surface area contributed by atoms with E-state index < -0.39 is 0 Å². The van der Waals surface area contributed by atoms with Gasteiger partial charge in [-0.3, -0.25) is 19.6 Å². The number of hydrogen-bond acceptors (Lipinski definition) is 4. The van der Waals surface area contributed by atoms with Crippen LogP contribution in [0.5, 0.6) is 0 Å². The molecule has 2 saturated heterocycles. The Labute approximate surface area is 140 Å². The molecule has 0 radical (unpaired) electrons. The fraction of sp³-hybridized carbons (Fsp3) is 1.00. The molecule has 0 aromatic rings. The molecule has 2 heterocycles. The van der Waals surface area contributed by atoms with Gasteiger partial charge in [0.15, 0.2) is 9.14 Å². The number of nitrogens with zero attached hydrogens (tertiary/aromatic N) is 4. The van der Waals surface area contributed by atoms with Crippen molar-refractivity contribution in [3.8, 4) is 0 Å². The first-order chi connectivity index (χ1) is 9.50. The molecule has 0 unspecified atom stereocenters. The molecular formula is C14H28Br2N4. The van der Waals surface area contributed by atoms with Crippen LogP contribution in [0.25, 0.3) is 0 Å². The Bertz CT molecular complexity index is 283. The van der Waals surface area contributed by atoms with Crippen LogP contribution in [0.3, 0.4) is 0 Å². The van der Waals surface area contributed by atoms with Crippen LogP contribution < -0.4 is 0 Å². The van der Waals surface area contributed by atoms with Gasteiger partial charge in [-0.25, -0.2) is 0 Å². The van der Waals surface area contributed by atoms with E-state index in [1.807, 2.05) is 0 Å². The van der Waals surface area contributed by atoms with Crippen LogP contribution in [-0.2, 0) is 0 Å². The van der Waals surface area contributed by atoms with Crippen LogP contribution >= 0.6 is 31.9 Å². The van der Waals surface area contributed by atoms with Crippen molar-refractivity contribution < 1.29 is 0 Å². The van der Waals surface area contributed by atoms with E-state index in [4.69, 9.17) is 0 Å². The summed E-state index contributed by atoms with van der Waals surface area (Å²) in [5.74, 6) is 0. The van der Waals surface area contributed by atoms with E-state index in [2.05, 4.69) is 79.2 Å². The lowest BCUT2D eigenvalue weighted by atomic mass is 10.2. The lowest BCUT2D eigenvalue weighted by Crippen LogP contribution is -2.71. The van der Waals surface area contributed by atoms with Crippen molar-refractivity contribution in [2.75, 3.05) is 52.4 Å². The molecule has 118 valence electrons. The van der Waals surface area contributed by atoms with Gasteiger partial charge in [0.2, 0.25) is 0 Å². The largest absolute Gasteiger partial charge is 0.272 e. The maximum Gasteiger partial charge on any atom is 0.174 e. The fourth-order valence-electron chi connectivity index (χ4n) is 3.75. The second-order valence-corrected chi connectivity index (χ2v) is 7.70. The monoisotopic (exact) mass is 410 g/mol. The highest BCUT2D eigenvalue weighted by molar-refractivity contribution is 9.12. The quantitative estimate of drug-likeness (QED) is 0.508. The van der Waals surface area contributed by atoms with Crippen molar-refractivity contribution in [1.29, 1.82) is 0 Å². The molecule has 2 aliphatic heterocycles. The number of halogens is 2. The molecule has 0 saturated carbocycles. The first-order valence-electron chi connectivity index (χ1n) is 7.88. The van der Waals surface area contributed by atoms with Gasteiger partial charge < -0.3 is 0 Å². The van der Waals surface area contributed by atoms with Crippen molar-refractivity contribution in [3.63, 3.8) is 0 Å². The van der Waals surface area contributed by atoms with Gasteiger partial charge in [-0.1, -0.05) is 27.7 Å². The van der Waals surface area contributed by atoms with Crippen molar-refractivity contribution in [2.45, 2.75) is 36.8 Å². The third kappa shape index (κ3) is 2.22. The van der Waals surface area contributed by atoms with Crippen molar-refractivity contribution in [3.05, 3.63) is 0 Å². The molecule has 0 N–H and O–H groups in total. The topological polar surface area (TPSA) is 13.0 Å². The molecule has 4 nitrogen and oxygen atoms in total. The summed E-state index contributed by atoms with van der Waals surface area (Å²) >= 11 is 8.33. The van der Waals surface area contributed by atoms with Crippen LogP contribution in [0, 0.1) is 0 Å². The second-order valence-electron chi connectivity index (χ2n) is 5.49. The minimum atomic E-state index is -0.161. The standard InChI is InChI=1S/C14H28Br2N4/c1-5-17-9-10-18(6-2)13(17,15)14(16)19(7-3)11-12-20(14)8-4/h5-12H2,1-4H3. The minimum absolute atomic E-state index is 0.161. The van der Waals surface area contributed by atoms with Gasteiger partial charge in [0.1, 0.15) is 0 Å². The summed E-state index contributed by atoms with van der Waals surface area (Å²) in [6.45, 7) is 17.8. The Morgan fingerprint density at radius 3 is 0.950 bits per heavy atom. The molecule has 0 aromatic heterocycles. The van der Waals surface area contributed by atoms with E-state index in [0.717, 1.165) is 52.4 Å². The number of likely N-dealkylation sites (N-methyl/N-ethyl adjacent to an activating group) is 4.